The van der Waals surface area contributed by atoms with E-state index in [2.05, 4.69) is 30.4 Å². The van der Waals surface area contributed by atoms with Crippen LogP contribution in [0.1, 0.15) is 51.9 Å². The highest BCUT2D eigenvalue weighted by atomic mass is 16.5. The third-order valence-corrected chi connectivity index (χ3v) is 4.66. The molecule has 0 aromatic heterocycles. The quantitative estimate of drug-likeness (QED) is 0.415. The van der Waals surface area contributed by atoms with Gasteiger partial charge in [-0.05, 0) is 32.6 Å². The summed E-state index contributed by atoms with van der Waals surface area (Å²) in [6, 6.07) is 0. The molecule has 0 aromatic rings. The molecule has 1 fully saturated rings. The van der Waals surface area contributed by atoms with Crippen LogP contribution < -0.4 is 0 Å². The van der Waals surface area contributed by atoms with E-state index in [4.69, 9.17) is 4.74 Å². The number of methoxy groups -OCH3 is 1. The van der Waals surface area contributed by atoms with Crippen LogP contribution in [0, 0.1) is 5.41 Å². The molecule has 2 nitrogen and oxygen atoms in total. The Labute approximate surface area is 117 Å². The van der Waals surface area contributed by atoms with Crippen LogP contribution in [0.3, 0.4) is 0 Å². The van der Waals surface area contributed by atoms with E-state index < -0.39 is 0 Å². The zero-order valence-corrected chi connectivity index (χ0v) is 12.6. The average molecular weight is 262 g/mol. The van der Waals surface area contributed by atoms with Crippen LogP contribution in [0.5, 0.6) is 0 Å². The van der Waals surface area contributed by atoms with E-state index in [1.54, 1.807) is 12.7 Å². The fourth-order valence-corrected chi connectivity index (χ4v) is 3.19. The Balaban J connectivity index is 2.08. The van der Waals surface area contributed by atoms with Crippen LogP contribution in [0.4, 0.5) is 0 Å². The highest BCUT2D eigenvalue weighted by Crippen LogP contribution is 2.38. The van der Waals surface area contributed by atoms with E-state index in [1.807, 2.05) is 0 Å². The Morgan fingerprint density at radius 3 is 2.79 bits per heavy atom. The van der Waals surface area contributed by atoms with E-state index >= 15 is 0 Å². The number of hydrogen-bond donors (Lipinski definition) is 0. The van der Waals surface area contributed by atoms with Gasteiger partial charge in [-0.2, -0.15) is 0 Å². The Hall–Kier alpha value is -1.05. The van der Waals surface area contributed by atoms with E-state index in [0.717, 1.165) is 12.2 Å². The molecule has 0 spiro atoms. The van der Waals surface area contributed by atoms with Crippen molar-refractivity contribution in [2.75, 3.05) is 20.2 Å². The monoisotopic (exact) mass is 262 g/mol. The fourth-order valence-electron chi connectivity index (χ4n) is 3.19. The van der Waals surface area contributed by atoms with Gasteiger partial charge in [0.05, 0.1) is 18.3 Å². The summed E-state index contributed by atoms with van der Waals surface area (Å²) >= 11 is 0. The number of hydrogen-bond acceptors (Lipinski definition) is 1. The van der Waals surface area contributed by atoms with Gasteiger partial charge in [0.2, 0.25) is 0 Å². The summed E-state index contributed by atoms with van der Waals surface area (Å²) in [5.41, 5.74) is 1.89. The largest absolute Gasteiger partial charge is 0.502 e. The first-order valence-corrected chi connectivity index (χ1v) is 7.61. The van der Waals surface area contributed by atoms with Crippen molar-refractivity contribution in [3.63, 3.8) is 0 Å². The van der Waals surface area contributed by atoms with Gasteiger partial charge in [-0.15, -0.1) is 0 Å². The maximum Gasteiger partial charge on any atom is 0.146 e. The van der Waals surface area contributed by atoms with Gasteiger partial charge in [-0.25, -0.2) is 4.58 Å². The van der Waals surface area contributed by atoms with Crippen LogP contribution in [-0.2, 0) is 4.74 Å². The Kier molecular flexibility index (Phi) is 4.84. The second kappa shape index (κ2) is 6.40. The zero-order chi connectivity index (χ0) is 13.7. The summed E-state index contributed by atoms with van der Waals surface area (Å²) in [5, 5.41) is 0. The minimum absolute atomic E-state index is 0.339. The lowest BCUT2D eigenvalue weighted by Crippen LogP contribution is -2.30. The normalized spacial score (nSPS) is 27.1. The molecule has 106 valence electrons. The van der Waals surface area contributed by atoms with Crippen molar-refractivity contribution in [2.45, 2.75) is 51.9 Å². The third kappa shape index (κ3) is 3.95. The molecule has 1 saturated heterocycles. The van der Waals surface area contributed by atoms with Gasteiger partial charge in [0, 0.05) is 19.3 Å². The SMILES string of the molecule is C=C(CCC1(C=[N+]2CCCC2)CC=C(C)CC1)OC. The van der Waals surface area contributed by atoms with Crippen molar-refractivity contribution in [3.05, 3.63) is 24.0 Å². The molecule has 0 aromatic carbocycles. The molecular formula is C17H28NO+. The Bertz CT molecular complexity index is 386. The lowest BCUT2D eigenvalue weighted by atomic mass is 9.72. The van der Waals surface area contributed by atoms with Gasteiger partial charge in [-0.3, -0.25) is 0 Å². The summed E-state index contributed by atoms with van der Waals surface area (Å²) in [6.07, 6.45) is 13.5. The van der Waals surface area contributed by atoms with Crippen molar-refractivity contribution < 1.29 is 9.31 Å². The van der Waals surface area contributed by atoms with E-state index in [1.165, 1.54) is 51.6 Å². The second-order valence-electron chi connectivity index (χ2n) is 6.23. The third-order valence-electron chi connectivity index (χ3n) is 4.66. The smallest absolute Gasteiger partial charge is 0.146 e. The Morgan fingerprint density at radius 2 is 2.21 bits per heavy atom. The highest BCUT2D eigenvalue weighted by Gasteiger charge is 2.34. The topological polar surface area (TPSA) is 12.2 Å². The molecule has 2 aliphatic rings. The summed E-state index contributed by atoms with van der Waals surface area (Å²) in [7, 11) is 1.73. The second-order valence-corrected chi connectivity index (χ2v) is 6.23. The lowest BCUT2D eigenvalue weighted by Gasteiger charge is -2.31. The molecule has 1 unspecified atom stereocenters. The predicted octanol–water partition coefficient (Wildman–Crippen LogP) is 3.92. The first-order chi connectivity index (χ1) is 9.13. The summed E-state index contributed by atoms with van der Waals surface area (Å²) in [4.78, 5) is 0. The zero-order valence-electron chi connectivity index (χ0n) is 12.6. The summed E-state index contributed by atoms with van der Waals surface area (Å²) < 4.78 is 7.79. The first-order valence-electron chi connectivity index (χ1n) is 7.61. The van der Waals surface area contributed by atoms with Gasteiger partial charge in [0.1, 0.15) is 19.3 Å². The van der Waals surface area contributed by atoms with Crippen molar-refractivity contribution >= 4 is 6.21 Å². The molecule has 1 heterocycles. The van der Waals surface area contributed by atoms with Crippen LogP contribution in [0.15, 0.2) is 24.0 Å². The molecule has 1 aliphatic carbocycles. The molecule has 0 saturated carbocycles. The van der Waals surface area contributed by atoms with E-state index in [0.29, 0.717) is 5.41 Å². The standard InChI is InChI=1S/C17H28NO/c1-15-6-9-17(10-7-15,11-8-16(2)19-3)14-18-12-4-5-13-18/h6,14H,2,4-5,7-13H2,1,3H3/q+1. The first kappa shape index (κ1) is 14.4. The molecule has 1 aliphatic heterocycles. The van der Waals surface area contributed by atoms with Crippen molar-refractivity contribution in [1.82, 2.24) is 0 Å². The van der Waals surface area contributed by atoms with Gasteiger partial charge >= 0.3 is 0 Å². The van der Waals surface area contributed by atoms with E-state index in [9.17, 15) is 0 Å². The Morgan fingerprint density at radius 1 is 1.47 bits per heavy atom. The van der Waals surface area contributed by atoms with Gasteiger partial charge in [0.25, 0.3) is 0 Å². The molecule has 19 heavy (non-hydrogen) atoms. The molecule has 0 bridgehead atoms. The fraction of sp³-hybridized carbons (Fsp3) is 0.706. The number of ether oxygens (including phenoxy) is 1. The lowest BCUT2D eigenvalue weighted by molar-refractivity contribution is -0.505. The van der Waals surface area contributed by atoms with Crippen molar-refractivity contribution in [2.24, 2.45) is 5.41 Å². The van der Waals surface area contributed by atoms with Gasteiger partial charge < -0.3 is 4.74 Å². The predicted molar refractivity (Wildman–Crippen MR) is 80.7 cm³/mol. The van der Waals surface area contributed by atoms with E-state index in [-0.39, 0.29) is 0 Å². The molecule has 0 N–H and O–H groups in total. The van der Waals surface area contributed by atoms with Gasteiger partial charge in [0.15, 0.2) is 0 Å². The van der Waals surface area contributed by atoms with Crippen molar-refractivity contribution in [1.29, 1.82) is 0 Å². The average Bonchev–Trinajstić information content (AvgIpc) is 2.92. The summed E-state index contributed by atoms with van der Waals surface area (Å²) in [5.74, 6) is 0.917. The van der Waals surface area contributed by atoms with Crippen LogP contribution in [0.2, 0.25) is 0 Å². The van der Waals surface area contributed by atoms with Crippen LogP contribution in [-0.4, -0.2) is 31.0 Å². The highest BCUT2D eigenvalue weighted by molar-refractivity contribution is 5.62. The molecule has 0 radical (unpaired) electrons. The maximum atomic E-state index is 5.24. The van der Waals surface area contributed by atoms with Crippen LogP contribution in [0.25, 0.3) is 0 Å². The number of rotatable bonds is 5. The number of nitrogens with zero attached hydrogens (tertiary/aromatic N) is 1. The minimum Gasteiger partial charge on any atom is -0.502 e. The van der Waals surface area contributed by atoms with Crippen LogP contribution >= 0.6 is 0 Å². The number of allylic oxidation sites excluding steroid dienone is 3. The molecule has 2 heteroatoms. The minimum atomic E-state index is 0.339. The molecule has 0 amide bonds. The molecular weight excluding hydrogens is 234 g/mol. The van der Waals surface area contributed by atoms with Crippen molar-refractivity contribution in [3.8, 4) is 0 Å². The maximum absolute atomic E-state index is 5.24. The molecule has 2 rings (SSSR count). The molecule has 1 atom stereocenters. The van der Waals surface area contributed by atoms with Gasteiger partial charge in [-0.1, -0.05) is 18.2 Å². The summed E-state index contributed by atoms with van der Waals surface area (Å²) in [6.45, 7) is 8.72.